The molecule has 0 atom stereocenters. The Morgan fingerprint density at radius 2 is 2.07 bits per heavy atom. The molecule has 6 nitrogen and oxygen atoms in total. The maximum absolute atomic E-state index is 14.5. The number of fused-ring (bicyclic) bond motifs is 1. The Balaban J connectivity index is 1.61. The zero-order chi connectivity index (χ0) is 21.5. The normalized spacial score (nSPS) is 15.0. The highest BCUT2D eigenvalue weighted by Crippen LogP contribution is 2.35. The van der Waals surface area contributed by atoms with Crippen LogP contribution in [0, 0.1) is 11.2 Å². The van der Waals surface area contributed by atoms with Gasteiger partial charge in [0.25, 0.3) is 0 Å². The van der Waals surface area contributed by atoms with E-state index in [0.717, 1.165) is 5.69 Å². The number of hydrogen-bond acceptors (Lipinski definition) is 5. The average molecular weight is 446 g/mol. The first-order valence-electron chi connectivity index (χ1n) is 9.22. The van der Waals surface area contributed by atoms with Gasteiger partial charge in [-0.3, -0.25) is 4.79 Å². The smallest absolute Gasteiger partial charge is 0.245 e. The third kappa shape index (κ3) is 3.82. The van der Waals surface area contributed by atoms with Crippen LogP contribution in [0.25, 0.3) is 11.0 Å². The van der Waals surface area contributed by atoms with Gasteiger partial charge in [0.1, 0.15) is 11.8 Å². The number of carbonyl (C=O) groups excluding carboxylic acids is 1. The minimum atomic E-state index is -0.666. The lowest BCUT2D eigenvalue weighted by molar-refractivity contribution is -0.136. The van der Waals surface area contributed by atoms with E-state index in [-0.39, 0.29) is 27.1 Å². The minimum Gasteiger partial charge on any atom is -0.338 e. The van der Waals surface area contributed by atoms with Crippen LogP contribution in [0.5, 0.6) is 0 Å². The molecule has 0 spiro atoms. The second kappa shape index (κ2) is 7.81. The summed E-state index contributed by atoms with van der Waals surface area (Å²) in [6, 6.07) is 6.75. The summed E-state index contributed by atoms with van der Waals surface area (Å²) in [6.45, 7) is 6.91. The van der Waals surface area contributed by atoms with E-state index in [9.17, 15) is 9.18 Å². The fourth-order valence-electron chi connectivity index (χ4n) is 3.63. The van der Waals surface area contributed by atoms with Crippen molar-refractivity contribution in [1.82, 2.24) is 19.9 Å². The molecule has 1 saturated heterocycles. The molecule has 4 rings (SSSR count). The van der Waals surface area contributed by atoms with Gasteiger partial charge in [-0.05, 0) is 36.8 Å². The van der Waals surface area contributed by atoms with Gasteiger partial charge in [-0.15, -0.1) is 0 Å². The maximum Gasteiger partial charge on any atom is 0.245 e. The summed E-state index contributed by atoms with van der Waals surface area (Å²) in [7, 11) is 0. The van der Waals surface area contributed by atoms with E-state index in [0.29, 0.717) is 36.4 Å². The summed E-state index contributed by atoms with van der Waals surface area (Å²) in [5.74, 6) is -0.370. The molecule has 9 heteroatoms. The Labute approximate surface area is 182 Å². The molecule has 1 aliphatic rings. The molecule has 1 N–H and O–H groups in total. The Bertz CT molecular complexity index is 1160. The van der Waals surface area contributed by atoms with Crippen LogP contribution in [0.4, 0.5) is 15.9 Å². The first-order valence-corrected chi connectivity index (χ1v) is 9.98. The van der Waals surface area contributed by atoms with E-state index >= 15 is 0 Å². The van der Waals surface area contributed by atoms with Crippen LogP contribution in [0.3, 0.4) is 0 Å². The van der Waals surface area contributed by atoms with Gasteiger partial charge < -0.3 is 10.2 Å². The van der Waals surface area contributed by atoms with Gasteiger partial charge >= 0.3 is 0 Å². The molecule has 1 aliphatic heterocycles. The molecule has 3 heterocycles. The molecule has 0 unspecified atom stereocenters. The predicted octanol–water partition coefficient (Wildman–Crippen LogP) is 4.79. The number of anilines is 2. The minimum absolute atomic E-state index is 0.0671. The number of nitrogens with zero attached hydrogens (tertiary/aromatic N) is 4. The average Bonchev–Trinajstić information content (AvgIpc) is 2.72. The number of amides is 1. The quantitative estimate of drug-likeness (QED) is 0.451. The summed E-state index contributed by atoms with van der Waals surface area (Å²) < 4.78 is 14.5. The molecule has 3 aromatic rings. The third-order valence-electron chi connectivity index (χ3n) is 5.07. The van der Waals surface area contributed by atoms with Gasteiger partial charge in [-0.25, -0.2) is 19.3 Å². The molecule has 0 radical (unpaired) electrons. The number of aromatic nitrogens is 3. The Kier molecular flexibility index (Phi) is 5.34. The topological polar surface area (TPSA) is 71.0 Å². The van der Waals surface area contributed by atoms with Crippen molar-refractivity contribution in [2.75, 3.05) is 18.4 Å². The number of benzene rings is 1. The van der Waals surface area contributed by atoms with Gasteiger partial charge in [0.15, 0.2) is 11.6 Å². The number of rotatable bonds is 5. The number of halogens is 3. The van der Waals surface area contributed by atoms with Crippen LogP contribution < -0.4 is 5.32 Å². The van der Waals surface area contributed by atoms with E-state index < -0.39 is 5.82 Å². The van der Waals surface area contributed by atoms with Gasteiger partial charge in [0, 0.05) is 24.2 Å². The summed E-state index contributed by atoms with van der Waals surface area (Å²) in [4.78, 5) is 26.6. The van der Waals surface area contributed by atoms with Crippen molar-refractivity contribution in [2.24, 2.45) is 5.41 Å². The lowest BCUT2D eigenvalue weighted by Gasteiger charge is -2.47. The van der Waals surface area contributed by atoms with E-state index in [1.165, 1.54) is 24.5 Å². The largest absolute Gasteiger partial charge is 0.338 e. The molecule has 0 bridgehead atoms. The summed E-state index contributed by atoms with van der Waals surface area (Å²) >= 11 is 11.8. The number of carbonyl (C=O) groups is 1. The molecule has 2 aromatic heterocycles. The molecule has 1 aromatic carbocycles. The van der Waals surface area contributed by atoms with Crippen LogP contribution in [0.15, 0.2) is 43.2 Å². The van der Waals surface area contributed by atoms with Crippen LogP contribution >= 0.6 is 23.2 Å². The SMILES string of the molecule is C=CC(=O)N1CC(C)(Cc2ccc3ncnc(Nc4ccc(Cl)c(Cl)c4F)c3n2)C1. The molecular formula is C21H18Cl2FN5O. The number of pyridine rings is 1. The summed E-state index contributed by atoms with van der Waals surface area (Å²) in [5, 5.41) is 2.90. The lowest BCUT2D eigenvalue weighted by Crippen LogP contribution is -2.57. The molecule has 0 saturated carbocycles. The van der Waals surface area contributed by atoms with Crippen molar-refractivity contribution in [1.29, 1.82) is 0 Å². The van der Waals surface area contributed by atoms with Crippen molar-refractivity contribution in [3.05, 3.63) is 64.8 Å². The molecule has 154 valence electrons. The molecule has 30 heavy (non-hydrogen) atoms. The van der Waals surface area contributed by atoms with Crippen LogP contribution in [-0.4, -0.2) is 38.8 Å². The van der Waals surface area contributed by atoms with E-state index in [1.807, 2.05) is 12.1 Å². The molecule has 1 amide bonds. The zero-order valence-electron chi connectivity index (χ0n) is 16.1. The predicted molar refractivity (Wildman–Crippen MR) is 116 cm³/mol. The van der Waals surface area contributed by atoms with E-state index in [1.54, 1.807) is 4.90 Å². The number of nitrogens with one attached hydrogen (secondary N) is 1. The summed E-state index contributed by atoms with van der Waals surface area (Å²) in [5.41, 5.74) is 2.05. The first-order chi connectivity index (χ1) is 14.3. The standard InChI is InChI=1S/C21H18Cl2FN5O/c1-3-16(30)29-9-21(2,10-29)8-12-4-6-15-19(27-12)20(26-11-25-15)28-14-7-5-13(22)17(23)18(14)24/h3-7,11H,1,8-10H2,2H3,(H,25,26,28). The van der Waals surface area contributed by atoms with Crippen LogP contribution in [-0.2, 0) is 11.2 Å². The van der Waals surface area contributed by atoms with Gasteiger partial charge in [0.2, 0.25) is 5.91 Å². The second-order valence-electron chi connectivity index (χ2n) is 7.63. The van der Waals surface area contributed by atoms with Crippen molar-refractivity contribution in [3.8, 4) is 0 Å². The number of hydrogen-bond donors (Lipinski definition) is 1. The van der Waals surface area contributed by atoms with Gasteiger partial charge in [0.05, 0.1) is 21.2 Å². The highest BCUT2D eigenvalue weighted by molar-refractivity contribution is 6.42. The highest BCUT2D eigenvalue weighted by Gasteiger charge is 2.40. The summed E-state index contributed by atoms with van der Waals surface area (Å²) in [6.07, 6.45) is 3.39. The van der Waals surface area contributed by atoms with Crippen LogP contribution in [0.1, 0.15) is 12.6 Å². The van der Waals surface area contributed by atoms with E-state index in [2.05, 4.69) is 28.8 Å². The van der Waals surface area contributed by atoms with Crippen molar-refractivity contribution in [3.63, 3.8) is 0 Å². The highest BCUT2D eigenvalue weighted by atomic mass is 35.5. The molecular weight excluding hydrogens is 428 g/mol. The second-order valence-corrected chi connectivity index (χ2v) is 8.41. The van der Waals surface area contributed by atoms with Gasteiger partial charge in [-0.1, -0.05) is 36.7 Å². The van der Waals surface area contributed by atoms with Crippen molar-refractivity contribution in [2.45, 2.75) is 13.3 Å². The Hall–Kier alpha value is -2.77. The fraction of sp³-hybridized carbons (Fsp3) is 0.238. The molecule has 1 fully saturated rings. The number of likely N-dealkylation sites (tertiary alicyclic amines) is 1. The first kappa shape index (κ1) is 20.5. The Morgan fingerprint density at radius 3 is 2.80 bits per heavy atom. The lowest BCUT2D eigenvalue weighted by atomic mass is 9.77. The fourth-order valence-corrected chi connectivity index (χ4v) is 3.94. The zero-order valence-corrected chi connectivity index (χ0v) is 17.6. The molecule has 0 aliphatic carbocycles. The van der Waals surface area contributed by atoms with Gasteiger partial charge in [-0.2, -0.15) is 0 Å². The third-order valence-corrected chi connectivity index (χ3v) is 5.85. The maximum atomic E-state index is 14.5. The van der Waals surface area contributed by atoms with Crippen molar-refractivity contribution < 1.29 is 9.18 Å². The Morgan fingerprint density at radius 1 is 1.30 bits per heavy atom. The van der Waals surface area contributed by atoms with Crippen molar-refractivity contribution >= 4 is 51.6 Å². The van der Waals surface area contributed by atoms with E-state index in [4.69, 9.17) is 28.2 Å². The van der Waals surface area contributed by atoms with Crippen LogP contribution in [0.2, 0.25) is 10.0 Å². The monoisotopic (exact) mass is 445 g/mol.